The summed E-state index contributed by atoms with van der Waals surface area (Å²) >= 11 is 1.63. The minimum absolute atomic E-state index is 0.201. The van der Waals surface area contributed by atoms with Gasteiger partial charge < -0.3 is 10.2 Å². The van der Waals surface area contributed by atoms with Gasteiger partial charge in [-0.15, -0.1) is 11.3 Å². The highest BCUT2D eigenvalue weighted by atomic mass is 32.1. The van der Waals surface area contributed by atoms with Crippen molar-refractivity contribution in [3.05, 3.63) is 21.4 Å². The van der Waals surface area contributed by atoms with Gasteiger partial charge in [0.1, 0.15) is 0 Å². The van der Waals surface area contributed by atoms with Crippen LogP contribution in [0.5, 0.6) is 0 Å². The van der Waals surface area contributed by atoms with E-state index in [0.29, 0.717) is 6.04 Å². The highest BCUT2D eigenvalue weighted by molar-refractivity contribution is 7.14. The summed E-state index contributed by atoms with van der Waals surface area (Å²) < 4.78 is 0. The van der Waals surface area contributed by atoms with Crippen LogP contribution >= 0.6 is 11.3 Å². The fourth-order valence-corrected chi connectivity index (χ4v) is 3.33. The first-order valence-corrected chi connectivity index (χ1v) is 7.06. The maximum absolute atomic E-state index is 12.4. The highest BCUT2D eigenvalue weighted by Gasteiger charge is 2.25. The average molecular weight is 252 g/mol. The zero-order chi connectivity index (χ0) is 12.4. The molecular formula is C13H20N2OS. The molecule has 1 amide bonds. The van der Waals surface area contributed by atoms with Gasteiger partial charge in [-0.2, -0.15) is 0 Å². The van der Waals surface area contributed by atoms with Crippen molar-refractivity contribution in [1.82, 2.24) is 10.2 Å². The predicted octanol–water partition coefficient (Wildman–Crippen LogP) is 2.05. The van der Waals surface area contributed by atoms with E-state index in [-0.39, 0.29) is 5.91 Å². The van der Waals surface area contributed by atoms with Gasteiger partial charge in [-0.25, -0.2) is 0 Å². The molecule has 0 aromatic carbocycles. The molecular weight excluding hydrogens is 232 g/mol. The zero-order valence-corrected chi connectivity index (χ0v) is 11.6. The first-order valence-electron chi connectivity index (χ1n) is 6.24. The second kappa shape index (κ2) is 5.19. The standard InChI is InChI=1S/C13H20N2OS/c1-4-11-7-12(17-10(11)3)13(16)15-6-5-14-8-9(15)2/h7,9,14H,4-6,8H2,1-3H3/t9-/m1/s1. The molecule has 4 heteroatoms. The summed E-state index contributed by atoms with van der Waals surface area (Å²) in [5.41, 5.74) is 1.31. The number of carbonyl (C=O) groups is 1. The number of carbonyl (C=O) groups excluding carboxylic acids is 1. The topological polar surface area (TPSA) is 32.3 Å². The van der Waals surface area contributed by atoms with E-state index >= 15 is 0 Å². The summed E-state index contributed by atoms with van der Waals surface area (Å²) in [7, 11) is 0. The van der Waals surface area contributed by atoms with Gasteiger partial charge in [-0.3, -0.25) is 4.79 Å². The third kappa shape index (κ3) is 2.53. The van der Waals surface area contributed by atoms with Crippen LogP contribution in [0.2, 0.25) is 0 Å². The predicted molar refractivity (Wildman–Crippen MR) is 71.8 cm³/mol. The molecule has 3 nitrogen and oxygen atoms in total. The number of nitrogens with zero attached hydrogens (tertiary/aromatic N) is 1. The first kappa shape index (κ1) is 12.6. The van der Waals surface area contributed by atoms with Crippen molar-refractivity contribution in [1.29, 1.82) is 0 Å². The van der Waals surface area contributed by atoms with Crippen LogP contribution in [0.25, 0.3) is 0 Å². The maximum Gasteiger partial charge on any atom is 0.264 e. The Balaban J connectivity index is 2.17. The number of aryl methyl sites for hydroxylation is 2. The molecule has 17 heavy (non-hydrogen) atoms. The number of amides is 1. The van der Waals surface area contributed by atoms with Crippen LogP contribution in [0.1, 0.15) is 34.0 Å². The summed E-state index contributed by atoms with van der Waals surface area (Å²) in [5, 5.41) is 3.31. The van der Waals surface area contributed by atoms with E-state index in [2.05, 4.69) is 32.2 Å². The Morgan fingerprint density at radius 3 is 3.00 bits per heavy atom. The van der Waals surface area contributed by atoms with Gasteiger partial charge in [0.2, 0.25) is 0 Å². The molecule has 1 aromatic rings. The lowest BCUT2D eigenvalue weighted by Gasteiger charge is -2.33. The van der Waals surface area contributed by atoms with Gasteiger partial charge in [-0.1, -0.05) is 6.92 Å². The molecule has 1 fully saturated rings. The van der Waals surface area contributed by atoms with Crippen LogP contribution in [0.3, 0.4) is 0 Å². The highest BCUT2D eigenvalue weighted by Crippen LogP contribution is 2.24. The molecule has 1 N–H and O–H groups in total. The average Bonchev–Trinajstić information content (AvgIpc) is 2.70. The molecule has 94 valence electrons. The second-order valence-electron chi connectivity index (χ2n) is 4.60. The minimum atomic E-state index is 0.201. The lowest BCUT2D eigenvalue weighted by molar-refractivity contribution is 0.0661. The summed E-state index contributed by atoms with van der Waals surface area (Å²) in [6, 6.07) is 2.36. The minimum Gasteiger partial charge on any atom is -0.333 e. The van der Waals surface area contributed by atoms with Crippen LogP contribution in [0.4, 0.5) is 0 Å². The van der Waals surface area contributed by atoms with E-state index in [1.54, 1.807) is 11.3 Å². The molecule has 0 bridgehead atoms. The van der Waals surface area contributed by atoms with Crippen molar-refractivity contribution >= 4 is 17.2 Å². The van der Waals surface area contributed by atoms with Gasteiger partial charge in [0.25, 0.3) is 5.91 Å². The molecule has 0 aliphatic carbocycles. The van der Waals surface area contributed by atoms with Gasteiger partial charge in [0.15, 0.2) is 0 Å². The van der Waals surface area contributed by atoms with Crippen molar-refractivity contribution < 1.29 is 4.79 Å². The number of hydrogen-bond acceptors (Lipinski definition) is 3. The summed E-state index contributed by atoms with van der Waals surface area (Å²) in [4.78, 5) is 16.6. The Hall–Kier alpha value is -0.870. The smallest absolute Gasteiger partial charge is 0.264 e. The van der Waals surface area contributed by atoms with Crippen LogP contribution in [0.15, 0.2) is 6.07 Å². The molecule has 0 unspecified atom stereocenters. The van der Waals surface area contributed by atoms with Crippen molar-refractivity contribution in [2.24, 2.45) is 0 Å². The maximum atomic E-state index is 12.4. The quantitative estimate of drug-likeness (QED) is 0.873. The molecule has 2 rings (SSSR count). The van der Waals surface area contributed by atoms with Crippen LogP contribution < -0.4 is 5.32 Å². The van der Waals surface area contributed by atoms with Crippen LogP contribution in [0, 0.1) is 6.92 Å². The Kier molecular flexibility index (Phi) is 3.84. The van der Waals surface area contributed by atoms with Crippen LogP contribution in [-0.4, -0.2) is 36.5 Å². The number of nitrogens with one attached hydrogen (secondary N) is 1. The Labute approximate surface area is 107 Å². The lowest BCUT2D eigenvalue weighted by Crippen LogP contribution is -2.52. The van der Waals surface area contributed by atoms with Crippen molar-refractivity contribution in [3.63, 3.8) is 0 Å². The second-order valence-corrected chi connectivity index (χ2v) is 5.85. The van der Waals surface area contributed by atoms with Crippen molar-refractivity contribution in [3.8, 4) is 0 Å². The zero-order valence-electron chi connectivity index (χ0n) is 10.7. The van der Waals surface area contributed by atoms with E-state index in [1.165, 1.54) is 10.4 Å². The Morgan fingerprint density at radius 2 is 2.41 bits per heavy atom. The third-order valence-electron chi connectivity index (χ3n) is 3.37. The van der Waals surface area contributed by atoms with E-state index in [9.17, 15) is 4.79 Å². The Morgan fingerprint density at radius 1 is 1.65 bits per heavy atom. The number of thiophene rings is 1. The van der Waals surface area contributed by atoms with E-state index in [0.717, 1.165) is 30.9 Å². The SMILES string of the molecule is CCc1cc(C(=O)N2CCNC[C@H]2C)sc1C. The number of rotatable bonds is 2. The third-order valence-corrected chi connectivity index (χ3v) is 4.46. The van der Waals surface area contributed by atoms with Crippen molar-refractivity contribution in [2.75, 3.05) is 19.6 Å². The van der Waals surface area contributed by atoms with E-state index in [1.807, 2.05) is 4.90 Å². The van der Waals surface area contributed by atoms with Crippen LogP contribution in [-0.2, 0) is 6.42 Å². The normalized spacial score (nSPS) is 20.6. The Bertz CT molecular complexity index is 414. The van der Waals surface area contributed by atoms with E-state index in [4.69, 9.17) is 0 Å². The molecule has 1 aliphatic rings. The fraction of sp³-hybridized carbons (Fsp3) is 0.615. The number of piperazine rings is 1. The summed E-state index contributed by atoms with van der Waals surface area (Å²) in [6.45, 7) is 8.96. The van der Waals surface area contributed by atoms with Crippen molar-refractivity contribution in [2.45, 2.75) is 33.2 Å². The van der Waals surface area contributed by atoms with E-state index < -0.39 is 0 Å². The van der Waals surface area contributed by atoms with Gasteiger partial charge >= 0.3 is 0 Å². The lowest BCUT2D eigenvalue weighted by atomic mass is 10.1. The van der Waals surface area contributed by atoms with Gasteiger partial charge in [0, 0.05) is 30.6 Å². The summed E-state index contributed by atoms with van der Waals surface area (Å²) in [6.07, 6.45) is 1.01. The molecule has 1 aliphatic heterocycles. The summed E-state index contributed by atoms with van der Waals surface area (Å²) in [5.74, 6) is 0.201. The molecule has 0 saturated carbocycles. The fourth-order valence-electron chi connectivity index (χ4n) is 2.26. The molecule has 0 spiro atoms. The molecule has 1 atom stereocenters. The largest absolute Gasteiger partial charge is 0.333 e. The molecule has 2 heterocycles. The first-order chi connectivity index (χ1) is 8.13. The monoisotopic (exact) mass is 252 g/mol. The number of hydrogen-bond donors (Lipinski definition) is 1. The molecule has 1 saturated heterocycles. The molecule has 1 aromatic heterocycles. The van der Waals surface area contributed by atoms with Gasteiger partial charge in [0.05, 0.1) is 4.88 Å². The molecule has 0 radical (unpaired) electrons. The van der Waals surface area contributed by atoms with Gasteiger partial charge in [-0.05, 0) is 31.9 Å².